The minimum atomic E-state index is -1.05. The summed E-state index contributed by atoms with van der Waals surface area (Å²) in [5.74, 6) is 0.566. The van der Waals surface area contributed by atoms with Gasteiger partial charge >= 0.3 is 0 Å². The Hall–Kier alpha value is -1.46. The van der Waals surface area contributed by atoms with Gasteiger partial charge in [-0.2, -0.15) is 0 Å². The Kier molecular flexibility index (Phi) is 4.72. The highest BCUT2D eigenvalue weighted by molar-refractivity contribution is 6.76. The van der Waals surface area contributed by atoms with Crippen molar-refractivity contribution in [2.45, 2.75) is 32.4 Å². The van der Waals surface area contributed by atoms with Crippen LogP contribution in [-0.2, 0) is 11.5 Å². The van der Waals surface area contributed by atoms with Gasteiger partial charge in [0.2, 0.25) is 0 Å². The highest BCUT2D eigenvalue weighted by atomic mass is 28.3. The molecule has 2 aromatic rings. The standard InChI is InChI=1S/C15H21FN2OSi/c1-20(2,3)11-10-19-12-18-9-8-17-15(18)13-4-6-14(16)7-5-13/h4-9H,10-12H2,1-3H3. The van der Waals surface area contributed by atoms with Crippen LogP contribution in [0.15, 0.2) is 36.7 Å². The van der Waals surface area contributed by atoms with Crippen LogP contribution in [0.5, 0.6) is 0 Å². The van der Waals surface area contributed by atoms with Gasteiger partial charge in [0.1, 0.15) is 18.4 Å². The highest BCUT2D eigenvalue weighted by Gasteiger charge is 2.12. The maximum atomic E-state index is 12.9. The van der Waals surface area contributed by atoms with Crippen LogP contribution in [-0.4, -0.2) is 24.2 Å². The smallest absolute Gasteiger partial charge is 0.141 e. The molecule has 0 aliphatic rings. The van der Waals surface area contributed by atoms with Crippen LogP contribution >= 0.6 is 0 Å². The number of rotatable bonds is 6. The summed E-state index contributed by atoms with van der Waals surface area (Å²) in [4.78, 5) is 4.31. The molecule has 0 aliphatic carbocycles. The number of hydrogen-bond acceptors (Lipinski definition) is 2. The van der Waals surface area contributed by atoms with Gasteiger partial charge in [-0.25, -0.2) is 9.37 Å². The molecule has 0 unspecified atom stereocenters. The van der Waals surface area contributed by atoms with Gasteiger partial charge in [-0.1, -0.05) is 19.6 Å². The van der Waals surface area contributed by atoms with E-state index in [1.54, 1.807) is 18.3 Å². The van der Waals surface area contributed by atoms with Gasteiger partial charge in [-0.15, -0.1) is 0 Å². The lowest BCUT2D eigenvalue weighted by Crippen LogP contribution is -2.22. The minimum absolute atomic E-state index is 0.238. The van der Waals surface area contributed by atoms with E-state index < -0.39 is 8.07 Å². The van der Waals surface area contributed by atoms with Crippen molar-refractivity contribution in [2.75, 3.05) is 6.61 Å². The maximum Gasteiger partial charge on any atom is 0.141 e. The van der Waals surface area contributed by atoms with Gasteiger partial charge < -0.3 is 9.30 Å². The predicted octanol–water partition coefficient (Wildman–Crippen LogP) is 4.00. The number of nitrogens with zero attached hydrogens (tertiary/aromatic N) is 2. The van der Waals surface area contributed by atoms with Crippen molar-refractivity contribution >= 4 is 8.07 Å². The molecule has 1 aromatic carbocycles. The second kappa shape index (κ2) is 6.32. The lowest BCUT2D eigenvalue weighted by molar-refractivity contribution is 0.0883. The van der Waals surface area contributed by atoms with Crippen molar-refractivity contribution in [3.05, 3.63) is 42.5 Å². The van der Waals surface area contributed by atoms with Gasteiger partial charge in [-0.3, -0.25) is 0 Å². The maximum absolute atomic E-state index is 12.9. The van der Waals surface area contributed by atoms with Crippen molar-refractivity contribution < 1.29 is 9.13 Å². The first-order valence-corrected chi connectivity index (χ1v) is 10.5. The third-order valence-electron chi connectivity index (χ3n) is 3.04. The van der Waals surface area contributed by atoms with E-state index in [0.717, 1.165) is 24.0 Å². The molecule has 0 N–H and O–H groups in total. The van der Waals surface area contributed by atoms with Crippen molar-refractivity contribution in [2.24, 2.45) is 0 Å². The van der Waals surface area contributed by atoms with Crippen LogP contribution in [0.1, 0.15) is 0 Å². The Morgan fingerprint density at radius 2 is 1.90 bits per heavy atom. The first-order chi connectivity index (χ1) is 9.46. The molecule has 0 fully saturated rings. The van der Waals surface area contributed by atoms with E-state index in [-0.39, 0.29) is 5.82 Å². The third kappa shape index (κ3) is 4.28. The van der Waals surface area contributed by atoms with Crippen LogP contribution in [0.3, 0.4) is 0 Å². The zero-order valence-corrected chi connectivity index (χ0v) is 13.3. The van der Waals surface area contributed by atoms with Gasteiger partial charge in [0, 0.05) is 32.6 Å². The molecular formula is C15H21FN2OSi. The van der Waals surface area contributed by atoms with Crippen LogP contribution in [0.2, 0.25) is 25.7 Å². The molecule has 0 aliphatic heterocycles. The Labute approximate surface area is 120 Å². The second-order valence-electron chi connectivity index (χ2n) is 6.08. The molecule has 0 atom stereocenters. The van der Waals surface area contributed by atoms with Crippen molar-refractivity contribution in [3.63, 3.8) is 0 Å². The summed E-state index contributed by atoms with van der Waals surface area (Å²) < 4.78 is 20.6. The monoisotopic (exact) mass is 292 g/mol. The largest absolute Gasteiger partial charge is 0.361 e. The first kappa shape index (κ1) is 14.9. The van der Waals surface area contributed by atoms with E-state index in [1.807, 2.05) is 10.8 Å². The molecule has 0 radical (unpaired) electrons. The van der Waals surface area contributed by atoms with Crippen LogP contribution in [0.25, 0.3) is 11.4 Å². The molecule has 108 valence electrons. The number of benzene rings is 1. The number of imidazole rings is 1. The fourth-order valence-corrected chi connectivity index (χ4v) is 2.57. The number of aromatic nitrogens is 2. The number of ether oxygens (including phenoxy) is 1. The van der Waals surface area contributed by atoms with Crippen molar-refractivity contribution in [1.82, 2.24) is 9.55 Å². The normalized spacial score (nSPS) is 11.8. The van der Waals surface area contributed by atoms with Crippen LogP contribution in [0.4, 0.5) is 4.39 Å². The van der Waals surface area contributed by atoms with Crippen molar-refractivity contribution in [3.8, 4) is 11.4 Å². The molecule has 0 bridgehead atoms. The Morgan fingerprint density at radius 3 is 2.55 bits per heavy atom. The van der Waals surface area contributed by atoms with E-state index in [2.05, 4.69) is 24.6 Å². The SMILES string of the molecule is C[Si](C)(C)CCOCn1ccnc1-c1ccc(F)cc1. The average molecular weight is 292 g/mol. The van der Waals surface area contributed by atoms with E-state index in [4.69, 9.17) is 4.74 Å². The van der Waals surface area contributed by atoms with E-state index >= 15 is 0 Å². The minimum Gasteiger partial charge on any atom is -0.361 e. The van der Waals surface area contributed by atoms with Gasteiger partial charge in [0.25, 0.3) is 0 Å². The first-order valence-electron chi connectivity index (χ1n) is 6.80. The quantitative estimate of drug-likeness (QED) is 0.594. The Balaban J connectivity index is 1.97. The Morgan fingerprint density at radius 1 is 1.20 bits per heavy atom. The van der Waals surface area contributed by atoms with Gasteiger partial charge in [0.05, 0.1) is 0 Å². The average Bonchev–Trinajstić information content (AvgIpc) is 2.83. The molecular weight excluding hydrogens is 271 g/mol. The fraction of sp³-hybridized carbons (Fsp3) is 0.400. The van der Waals surface area contributed by atoms with Crippen LogP contribution in [0, 0.1) is 5.82 Å². The summed E-state index contributed by atoms with van der Waals surface area (Å²) in [5.41, 5.74) is 0.894. The molecule has 3 nitrogen and oxygen atoms in total. The van der Waals surface area contributed by atoms with E-state index in [9.17, 15) is 4.39 Å². The zero-order chi connectivity index (χ0) is 14.6. The molecule has 0 amide bonds. The second-order valence-corrected chi connectivity index (χ2v) is 11.7. The third-order valence-corrected chi connectivity index (χ3v) is 4.75. The molecule has 2 rings (SSSR count). The molecule has 0 spiro atoms. The van der Waals surface area contributed by atoms with E-state index in [1.165, 1.54) is 12.1 Å². The predicted molar refractivity (Wildman–Crippen MR) is 81.7 cm³/mol. The fourth-order valence-electron chi connectivity index (χ4n) is 1.81. The Bertz CT molecular complexity index is 546. The summed E-state index contributed by atoms with van der Waals surface area (Å²) >= 11 is 0. The van der Waals surface area contributed by atoms with Gasteiger partial charge in [-0.05, 0) is 30.3 Å². The molecule has 1 heterocycles. The van der Waals surface area contributed by atoms with E-state index in [0.29, 0.717) is 6.73 Å². The lowest BCUT2D eigenvalue weighted by Gasteiger charge is -2.16. The molecule has 0 saturated carbocycles. The number of hydrogen-bond donors (Lipinski definition) is 0. The van der Waals surface area contributed by atoms with Crippen molar-refractivity contribution in [1.29, 1.82) is 0 Å². The zero-order valence-electron chi connectivity index (χ0n) is 12.3. The molecule has 0 saturated heterocycles. The topological polar surface area (TPSA) is 27.1 Å². The molecule has 5 heteroatoms. The molecule has 1 aromatic heterocycles. The van der Waals surface area contributed by atoms with Gasteiger partial charge in [0.15, 0.2) is 0 Å². The number of halogens is 1. The highest BCUT2D eigenvalue weighted by Crippen LogP contribution is 2.18. The summed E-state index contributed by atoms with van der Waals surface area (Å²) in [5, 5.41) is 0. The summed E-state index contributed by atoms with van der Waals surface area (Å²) in [7, 11) is -1.05. The van der Waals surface area contributed by atoms with Crippen LogP contribution < -0.4 is 0 Å². The lowest BCUT2D eigenvalue weighted by atomic mass is 10.2. The molecule has 20 heavy (non-hydrogen) atoms. The summed E-state index contributed by atoms with van der Waals surface area (Å²) in [6.45, 7) is 8.25. The summed E-state index contributed by atoms with van der Waals surface area (Å²) in [6.07, 6.45) is 3.62. The summed E-state index contributed by atoms with van der Waals surface area (Å²) in [6, 6.07) is 7.50.